The first-order chi connectivity index (χ1) is 12.1. The van der Waals surface area contributed by atoms with Crippen molar-refractivity contribution in [2.24, 2.45) is 5.92 Å². The topological polar surface area (TPSA) is 54.0 Å². The van der Waals surface area contributed by atoms with Crippen LogP contribution in [0.15, 0.2) is 56.3 Å². The van der Waals surface area contributed by atoms with E-state index >= 15 is 0 Å². The Balaban J connectivity index is 1.79. The average molecular weight is 394 g/mol. The standard InChI is InChI=1S/C21H16BrNO2/c1-12-5-17(22)9-18-20(24)19(11-25-21(12)18)15-4-2-3-14(8-15)16-6-13(7-16)10-23/h2-5,8-9,11,13,16H,6-7H2,1H3/t13-,16+. The van der Waals surface area contributed by atoms with Crippen molar-refractivity contribution in [3.8, 4) is 17.2 Å². The van der Waals surface area contributed by atoms with Gasteiger partial charge >= 0.3 is 0 Å². The summed E-state index contributed by atoms with van der Waals surface area (Å²) in [5.74, 6) is 0.577. The summed E-state index contributed by atoms with van der Waals surface area (Å²) in [4.78, 5) is 13.0. The number of nitrogens with zero attached hydrogens (tertiary/aromatic N) is 1. The summed E-state index contributed by atoms with van der Waals surface area (Å²) in [6, 6.07) is 14.1. The Hall–Kier alpha value is -2.38. The van der Waals surface area contributed by atoms with Gasteiger partial charge in [0.25, 0.3) is 0 Å². The molecule has 0 atom stereocenters. The number of fused-ring (bicyclic) bond motifs is 1. The molecule has 1 aromatic heterocycles. The first-order valence-corrected chi connectivity index (χ1v) is 9.07. The van der Waals surface area contributed by atoms with E-state index in [4.69, 9.17) is 9.68 Å². The zero-order chi connectivity index (χ0) is 17.6. The lowest BCUT2D eigenvalue weighted by molar-refractivity contribution is 0.331. The third-order valence-electron chi connectivity index (χ3n) is 5.01. The molecule has 0 radical (unpaired) electrons. The van der Waals surface area contributed by atoms with Gasteiger partial charge in [0.1, 0.15) is 11.8 Å². The fraction of sp³-hybridized carbons (Fsp3) is 0.238. The van der Waals surface area contributed by atoms with Crippen molar-refractivity contribution in [3.63, 3.8) is 0 Å². The van der Waals surface area contributed by atoms with Crippen molar-refractivity contribution in [1.29, 1.82) is 5.26 Å². The molecular weight excluding hydrogens is 378 g/mol. The van der Waals surface area contributed by atoms with Gasteiger partial charge < -0.3 is 4.42 Å². The van der Waals surface area contributed by atoms with Crippen LogP contribution < -0.4 is 5.43 Å². The summed E-state index contributed by atoms with van der Waals surface area (Å²) >= 11 is 3.45. The highest BCUT2D eigenvalue weighted by atomic mass is 79.9. The first kappa shape index (κ1) is 16.1. The molecule has 0 bridgehead atoms. The number of hydrogen-bond acceptors (Lipinski definition) is 3. The molecule has 124 valence electrons. The third kappa shape index (κ3) is 2.79. The van der Waals surface area contributed by atoms with Gasteiger partial charge in [0.15, 0.2) is 0 Å². The van der Waals surface area contributed by atoms with E-state index in [1.54, 1.807) is 6.26 Å². The molecule has 1 aliphatic rings. The van der Waals surface area contributed by atoms with E-state index in [0.717, 1.165) is 28.4 Å². The van der Waals surface area contributed by atoms with E-state index in [0.29, 0.717) is 22.5 Å². The van der Waals surface area contributed by atoms with Gasteiger partial charge in [-0.25, -0.2) is 0 Å². The molecule has 25 heavy (non-hydrogen) atoms. The molecule has 1 saturated carbocycles. The second-order valence-corrected chi connectivity index (χ2v) is 7.61. The van der Waals surface area contributed by atoms with Gasteiger partial charge in [0.05, 0.1) is 17.0 Å². The fourth-order valence-electron chi connectivity index (χ4n) is 3.53. The van der Waals surface area contributed by atoms with Gasteiger partial charge in [-0.2, -0.15) is 5.26 Å². The second-order valence-electron chi connectivity index (χ2n) is 6.70. The van der Waals surface area contributed by atoms with Gasteiger partial charge in [-0.05, 0) is 54.5 Å². The van der Waals surface area contributed by atoms with E-state index in [1.165, 1.54) is 5.56 Å². The van der Waals surface area contributed by atoms with E-state index in [2.05, 4.69) is 34.1 Å². The van der Waals surface area contributed by atoms with Crippen LogP contribution in [0.25, 0.3) is 22.1 Å². The Bertz CT molecular complexity index is 1070. The summed E-state index contributed by atoms with van der Waals surface area (Å²) in [5.41, 5.74) is 4.16. The monoisotopic (exact) mass is 393 g/mol. The quantitative estimate of drug-likeness (QED) is 0.573. The molecule has 1 aliphatic carbocycles. The largest absolute Gasteiger partial charge is 0.463 e. The summed E-state index contributed by atoms with van der Waals surface area (Å²) < 4.78 is 6.64. The van der Waals surface area contributed by atoms with Gasteiger partial charge in [-0.1, -0.05) is 40.2 Å². The van der Waals surface area contributed by atoms with Crippen LogP contribution in [0, 0.1) is 24.2 Å². The Morgan fingerprint density at radius 3 is 2.80 bits per heavy atom. The smallest absolute Gasteiger partial charge is 0.200 e. The van der Waals surface area contributed by atoms with E-state index in [9.17, 15) is 4.79 Å². The number of nitriles is 1. The van der Waals surface area contributed by atoms with Gasteiger partial charge in [-0.3, -0.25) is 4.79 Å². The maximum atomic E-state index is 13.0. The van der Waals surface area contributed by atoms with Crippen molar-refractivity contribution in [2.45, 2.75) is 25.7 Å². The molecule has 4 rings (SSSR count). The Morgan fingerprint density at radius 2 is 2.04 bits per heavy atom. The number of halogens is 1. The van der Waals surface area contributed by atoms with E-state index in [-0.39, 0.29) is 11.3 Å². The van der Waals surface area contributed by atoms with Crippen LogP contribution in [0.3, 0.4) is 0 Å². The van der Waals surface area contributed by atoms with E-state index in [1.807, 2.05) is 31.2 Å². The summed E-state index contributed by atoms with van der Waals surface area (Å²) in [7, 11) is 0. The predicted molar refractivity (Wildman–Crippen MR) is 101 cm³/mol. The van der Waals surface area contributed by atoms with Gasteiger partial charge in [0, 0.05) is 10.4 Å². The van der Waals surface area contributed by atoms with Crippen molar-refractivity contribution >= 4 is 26.9 Å². The van der Waals surface area contributed by atoms with Crippen LogP contribution in [0.2, 0.25) is 0 Å². The molecule has 1 heterocycles. The average Bonchev–Trinajstić information content (AvgIpc) is 2.55. The minimum atomic E-state index is -0.0219. The van der Waals surface area contributed by atoms with Crippen LogP contribution >= 0.6 is 15.9 Å². The summed E-state index contributed by atoms with van der Waals surface area (Å²) in [6.07, 6.45) is 3.36. The van der Waals surface area contributed by atoms with E-state index < -0.39 is 0 Å². The molecule has 1 fully saturated rings. The minimum Gasteiger partial charge on any atom is -0.463 e. The van der Waals surface area contributed by atoms with Crippen molar-refractivity contribution in [1.82, 2.24) is 0 Å². The van der Waals surface area contributed by atoms with Crippen LogP contribution in [-0.4, -0.2) is 0 Å². The number of aryl methyl sites for hydroxylation is 1. The normalized spacial score (nSPS) is 19.4. The molecule has 0 amide bonds. The maximum Gasteiger partial charge on any atom is 0.200 e. The van der Waals surface area contributed by atoms with Crippen molar-refractivity contribution < 1.29 is 4.42 Å². The highest BCUT2D eigenvalue weighted by molar-refractivity contribution is 9.10. The highest BCUT2D eigenvalue weighted by Crippen LogP contribution is 2.41. The predicted octanol–water partition coefficient (Wildman–Crippen LogP) is 5.55. The number of benzene rings is 2. The summed E-state index contributed by atoms with van der Waals surface area (Å²) in [6.45, 7) is 1.93. The molecule has 0 unspecified atom stereocenters. The molecule has 3 aromatic rings. The Morgan fingerprint density at radius 1 is 1.24 bits per heavy atom. The molecule has 0 aliphatic heterocycles. The summed E-state index contributed by atoms with van der Waals surface area (Å²) in [5, 5.41) is 9.54. The molecular formula is C21H16BrNO2. The molecule has 0 N–H and O–H groups in total. The molecule has 2 aromatic carbocycles. The van der Waals surface area contributed by atoms with Gasteiger partial charge in [-0.15, -0.1) is 0 Å². The van der Waals surface area contributed by atoms with Crippen molar-refractivity contribution in [3.05, 3.63) is 68.5 Å². The minimum absolute atomic E-state index is 0.0219. The molecule has 0 spiro atoms. The zero-order valence-electron chi connectivity index (χ0n) is 13.8. The van der Waals surface area contributed by atoms with Crippen LogP contribution in [0.5, 0.6) is 0 Å². The van der Waals surface area contributed by atoms with Crippen LogP contribution in [0.4, 0.5) is 0 Å². The molecule has 3 nitrogen and oxygen atoms in total. The fourth-order valence-corrected chi connectivity index (χ4v) is 4.10. The molecule has 4 heteroatoms. The Kier molecular flexibility index (Phi) is 3.97. The SMILES string of the molecule is Cc1cc(Br)cc2c(=O)c(-c3cccc([C@H]4C[C@@H](C#N)C4)c3)coc12. The van der Waals surface area contributed by atoms with Crippen LogP contribution in [-0.2, 0) is 0 Å². The third-order valence-corrected chi connectivity index (χ3v) is 5.47. The molecule has 0 saturated heterocycles. The zero-order valence-corrected chi connectivity index (χ0v) is 15.3. The maximum absolute atomic E-state index is 13.0. The van der Waals surface area contributed by atoms with Crippen LogP contribution in [0.1, 0.15) is 29.9 Å². The number of rotatable bonds is 2. The second kappa shape index (κ2) is 6.16. The van der Waals surface area contributed by atoms with Crippen molar-refractivity contribution in [2.75, 3.05) is 0 Å². The van der Waals surface area contributed by atoms with Gasteiger partial charge in [0.2, 0.25) is 5.43 Å². The number of hydrogen-bond donors (Lipinski definition) is 0. The first-order valence-electron chi connectivity index (χ1n) is 8.28. The lowest BCUT2D eigenvalue weighted by Gasteiger charge is -2.31. The Labute approximate surface area is 154 Å². The lowest BCUT2D eigenvalue weighted by atomic mass is 9.72. The highest BCUT2D eigenvalue weighted by Gasteiger charge is 2.30. The lowest BCUT2D eigenvalue weighted by Crippen LogP contribution is -2.20.